The minimum Gasteiger partial charge on any atom is -0.483 e. The number of carbonyl (C=O) groups is 2. The van der Waals surface area contributed by atoms with Crippen molar-refractivity contribution in [1.29, 1.82) is 0 Å². The van der Waals surface area contributed by atoms with E-state index in [2.05, 4.69) is 21.2 Å². The van der Waals surface area contributed by atoms with Crippen molar-refractivity contribution in [3.8, 4) is 5.75 Å². The largest absolute Gasteiger partial charge is 0.483 e. The molecule has 0 atom stereocenters. The van der Waals surface area contributed by atoms with Gasteiger partial charge in [0.1, 0.15) is 11.6 Å². The summed E-state index contributed by atoms with van der Waals surface area (Å²) in [6, 6.07) is 11.1. The molecule has 0 spiro atoms. The third-order valence-electron chi connectivity index (χ3n) is 3.35. The van der Waals surface area contributed by atoms with E-state index in [1.165, 1.54) is 30.1 Å². The Bertz CT molecular complexity index is 783. The van der Waals surface area contributed by atoms with Crippen LogP contribution in [0.15, 0.2) is 46.9 Å². The molecule has 5 nitrogen and oxygen atoms in total. The van der Waals surface area contributed by atoms with Crippen LogP contribution in [0.5, 0.6) is 5.75 Å². The minimum absolute atomic E-state index is 0.159. The molecule has 0 saturated carbocycles. The quantitative estimate of drug-likeness (QED) is 0.796. The number of benzene rings is 2. The van der Waals surface area contributed by atoms with Gasteiger partial charge in [0.15, 0.2) is 6.61 Å². The summed E-state index contributed by atoms with van der Waals surface area (Å²) in [6.07, 6.45) is 0. The van der Waals surface area contributed by atoms with E-state index in [0.29, 0.717) is 11.4 Å². The average molecular weight is 409 g/mol. The molecule has 0 bridgehead atoms. The van der Waals surface area contributed by atoms with Crippen molar-refractivity contribution >= 4 is 33.4 Å². The molecular weight excluding hydrogens is 391 g/mol. The predicted octanol–water partition coefficient (Wildman–Crippen LogP) is 3.37. The number of anilines is 1. The summed E-state index contributed by atoms with van der Waals surface area (Å²) >= 11 is 3.37. The van der Waals surface area contributed by atoms with Gasteiger partial charge in [-0.05, 0) is 58.7 Å². The normalized spacial score (nSPS) is 10.2. The van der Waals surface area contributed by atoms with E-state index in [4.69, 9.17) is 4.74 Å². The van der Waals surface area contributed by atoms with Gasteiger partial charge in [-0.3, -0.25) is 9.59 Å². The summed E-state index contributed by atoms with van der Waals surface area (Å²) in [6.45, 7) is 1.60. The van der Waals surface area contributed by atoms with E-state index in [1.54, 1.807) is 12.1 Å². The molecule has 0 aliphatic heterocycles. The number of aryl methyl sites for hydroxylation is 1. The number of ether oxygens (including phenoxy) is 1. The van der Waals surface area contributed by atoms with E-state index in [1.807, 2.05) is 19.1 Å². The zero-order valence-electron chi connectivity index (χ0n) is 13.9. The molecule has 1 N–H and O–H groups in total. The van der Waals surface area contributed by atoms with Crippen LogP contribution >= 0.6 is 15.9 Å². The number of likely N-dealkylation sites (N-methyl/N-ethyl adjacent to an activating group) is 1. The van der Waals surface area contributed by atoms with Gasteiger partial charge in [0.05, 0.1) is 11.0 Å². The first kappa shape index (κ1) is 18.9. The lowest BCUT2D eigenvalue weighted by Crippen LogP contribution is -2.37. The Hall–Kier alpha value is -2.41. The fourth-order valence-electron chi connectivity index (χ4n) is 2.04. The van der Waals surface area contributed by atoms with Crippen molar-refractivity contribution in [3.05, 3.63) is 58.3 Å². The molecule has 2 aromatic carbocycles. The van der Waals surface area contributed by atoms with Crippen molar-refractivity contribution in [2.45, 2.75) is 6.92 Å². The fourth-order valence-corrected chi connectivity index (χ4v) is 2.65. The first-order valence-electron chi connectivity index (χ1n) is 7.53. The molecule has 2 rings (SSSR count). The van der Waals surface area contributed by atoms with Crippen LogP contribution in [0.4, 0.5) is 10.1 Å². The maximum Gasteiger partial charge on any atom is 0.260 e. The molecule has 0 aliphatic carbocycles. The Morgan fingerprint density at radius 1 is 1.24 bits per heavy atom. The topological polar surface area (TPSA) is 58.6 Å². The van der Waals surface area contributed by atoms with Crippen molar-refractivity contribution in [2.24, 2.45) is 0 Å². The van der Waals surface area contributed by atoms with Crippen LogP contribution in [0.2, 0.25) is 0 Å². The number of hydrogen-bond acceptors (Lipinski definition) is 3. The lowest BCUT2D eigenvalue weighted by atomic mass is 10.2. The van der Waals surface area contributed by atoms with Gasteiger partial charge >= 0.3 is 0 Å². The number of hydrogen-bond donors (Lipinski definition) is 1. The zero-order valence-corrected chi connectivity index (χ0v) is 15.5. The van der Waals surface area contributed by atoms with Gasteiger partial charge < -0.3 is 15.0 Å². The zero-order chi connectivity index (χ0) is 18.4. The highest BCUT2D eigenvalue weighted by Gasteiger charge is 2.14. The van der Waals surface area contributed by atoms with Gasteiger partial charge in [0, 0.05) is 12.7 Å². The fraction of sp³-hybridized carbons (Fsp3) is 0.222. The molecule has 132 valence electrons. The van der Waals surface area contributed by atoms with Crippen molar-refractivity contribution in [2.75, 3.05) is 25.5 Å². The van der Waals surface area contributed by atoms with Gasteiger partial charge in [-0.1, -0.05) is 12.1 Å². The van der Waals surface area contributed by atoms with E-state index >= 15 is 0 Å². The number of carbonyl (C=O) groups excluding carboxylic acids is 2. The Morgan fingerprint density at radius 3 is 2.68 bits per heavy atom. The van der Waals surface area contributed by atoms with Crippen molar-refractivity contribution in [1.82, 2.24) is 4.90 Å². The summed E-state index contributed by atoms with van der Waals surface area (Å²) in [5.41, 5.74) is 1.40. The first-order chi connectivity index (χ1) is 11.8. The van der Waals surface area contributed by atoms with Crippen molar-refractivity contribution in [3.63, 3.8) is 0 Å². The summed E-state index contributed by atoms with van der Waals surface area (Å²) in [4.78, 5) is 25.3. The monoisotopic (exact) mass is 408 g/mol. The van der Waals surface area contributed by atoms with E-state index < -0.39 is 11.7 Å². The Kier molecular flexibility index (Phi) is 6.52. The van der Waals surface area contributed by atoms with Gasteiger partial charge in [-0.25, -0.2) is 4.39 Å². The molecule has 0 heterocycles. The third kappa shape index (κ3) is 5.86. The molecule has 25 heavy (non-hydrogen) atoms. The van der Waals surface area contributed by atoms with Crippen LogP contribution in [0.1, 0.15) is 5.56 Å². The predicted molar refractivity (Wildman–Crippen MR) is 97.0 cm³/mol. The second-order valence-electron chi connectivity index (χ2n) is 5.53. The third-order valence-corrected chi connectivity index (χ3v) is 3.97. The number of halogens is 2. The molecule has 7 heteroatoms. The lowest BCUT2D eigenvalue weighted by molar-refractivity contribution is -0.135. The summed E-state index contributed by atoms with van der Waals surface area (Å²) in [7, 11) is 1.50. The molecule has 0 aliphatic rings. The summed E-state index contributed by atoms with van der Waals surface area (Å²) < 4.78 is 19.3. The van der Waals surface area contributed by atoms with E-state index in [9.17, 15) is 14.0 Å². The summed E-state index contributed by atoms with van der Waals surface area (Å²) in [5.74, 6) is -0.657. The highest BCUT2D eigenvalue weighted by atomic mass is 79.9. The Balaban J connectivity index is 1.84. The second kappa shape index (κ2) is 8.62. The highest BCUT2D eigenvalue weighted by Crippen LogP contribution is 2.25. The second-order valence-corrected chi connectivity index (χ2v) is 6.39. The lowest BCUT2D eigenvalue weighted by Gasteiger charge is -2.17. The van der Waals surface area contributed by atoms with E-state index in [0.717, 1.165) is 10.0 Å². The first-order valence-corrected chi connectivity index (χ1v) is 8.33. The van der Waals surface area contributed by atoms with Gasteiger partial charge in [0.2, 0.25) is 5.91 Å². The van der Waals surface area contributed by atoms with Crippen LogP contribution in [-0.2, 0) is 9.59 Å². The molecule has 0 fully saturated rings. The highest BCUT2D eigenvalue weighted by molar-refractivity contribution is 9.10. The van der Waals surface area contributed by atoms with Gasteiger partial charge in [0.25, 0.3) is 5.91 Å². The van der Waals surface area contributed by atoms with Crippen LogP contribution < -0.4 is 10.1 Å². The summed E-state index contributed by atoms with van der Waals surface area (Å²) in [5, 5.41) is 2.54. The average Bonchev–Trinajstić information content (AvgIpc) is 2.53. The number of nitrogens with zero attached hydrogens (tertiary/aromatic N) is 1. The molecule has 2 amide bonds. The Morgan fingerprint density at radius 2 is 2.00 bits per heavy atom. The maximum atomic E-state index is 13.1. The van der Waals surface area contributed by atoms with Crippen LogP contribution in [0.3, 0.4) is 0 Å². The molecule has 2 aromatic rings. The molecular formula is C18H18BrFN2O3. The SMILES string of the molecule is Cc1ccc(OCC(=O)N(C)CC(=O)Nc2cccc(F)c2)c(Br)c1. The smallest absolute Gasteiger partial charge is 0.260 e. The molecule has 0 unspecified atom stereocenters. The van der Waals surface area contributed by atoms with Crippen molar-refractivity contribution < 1.29 is 18.7 Å². The van der Waals surface area contributed by atoms with Gasteiger partial charge in [-0.2, -0.15) is 0 Å². The molecule has 0 saturated heterocycles. The minimum atomic E-state index is -0.445. The van der Waals surface area contributed by atoms with Crippen LogP contribution in [-0.4, -0.2) is 36.9 Å². The molecule has 0 aromatic heterocycles. The number of nitrogens with one attached hydrogen (secondary N) is 1. The number of amides is 2. The van der Waals surface area contributed by atoms with Crippen LogP contribution in [0.25, 0.3) is 0 Å². The van der Waals surface area contributed by atoms with Crippen LogP contribution in [0, 0.1) is 12.7 Å². The maximum absolute atomic E-state index is 13.1. The van der Waals surface area contributed by atoms with E-state index in [-0.39, 0.29) is 19.1 Å². The molecule has 0 radical (unpaired) electrons. The van der Waals surface area contributed by atoms with Gasteiger partial charge in [-0.15, -0.1) is 0 Å². The number of rotatable bonds is 6. The standard InChI is InChI=1S/C18H18BrFN2O3/c1-12-6-7-16(15(19)8-12)25-11-18(24)22(2)10-17(23)21-14-5-3-4-13(20)9-14/h3-9H,10-11H2,1-2H3,(H,21,23). The Labute approximate surface area is 153 Å².